The van der Waals surface area contributed by atoms with Gasteiger partial charge in [0.25, 0.3) is 12.9 Å². The predicted octanol–water partition coefficient (Wildman–Crippen LogP) is 2.12. The number of piperidine rings is 1. The molecule has 2 aliphatic heterocycles. The third kappa shape index (κ3) is 9.85. The number of hydrogen-bond donors (Lipinski definition) is 2. The van der Waals surface area contributed by atoms with Gasteiger partial charge in [-0.05, 0) is 63.2 Å². The van der Waals surface area contributed by atoms with E-state index in [9.17, 15) is 0 Å². The highest BCUT2D eigenvalue weighted by Crippen LogP contribution is 2.25. The Morgan fingerprint density at radius 2 is 1.50 bits per heavy atom. The first-order valence-corrected chi connectivity index (χ1v) is 10.00. The van der Waals surface area contributed by atoms with Crippen LogP contribution in [-0.2, 0) is 16.1 Å². The molecule has 1 aromatic rings. The lowest BCUT2D eigenvalue weighted by Crippen LogP contribution is -2.44. The molecule has 3 rings (SSSR count). The summed E-state index contributed by atoms with van der Waals surface area (Å²) in [7, 11) is 0. The van der Waals surface area contributed by atoms with Crippen LogP contribution >= 0.6 is 0 Å². The Morgan fingerprint density at radius 1 is 1.00 bits per heavy atom. The fourth-order valence-corrected chi connectivity index (χ4v) is 4.22. The summed E-state index contributed by atoms with van der Waals surface area (Å²) in [5.41, 5.74) is 0.418. The Balaban J connectivity index is 0.000000582. The second-order valence-corrected chi connectivity index (χ2v) is 8.34. The number of rotatable bonds is 6. The van der Waals surface area contributed by atoms with E-state index in [4.69, 9.17) is 19.8 Å². The smallest absolute Gasteiger partial charge is 0.290 e. The van der Waals surface area contributed by atoms with E-state index in [2.05, 4.69) is 39.4 Å². The first-order chi connectivity index (χ1) is 13.4. The second kappa shape index (κ2) is 13.3. The fraction of sp³-hybridized carbons (Fsp3) is 0.750. The van der Waals surface area contributed by atoms with Crippen LogP contribution in [-0.4, -0.2) is 81.8 Å². The van der Waals surface area contributed by atoms with E-state index in [-0.39, 0.29) is 12.9 Å². The third-order valence-corrected chi connectivity index (χ3v) is 5.24. The molecule has 0 bridgehead atoms. The van der Waals surface area contributed by atoms with Crippen LogP contribution in [0.3, 0.4) is 0 Å². The van der Waals surface area contributed by atoms with Gasteiger partial charge >= 0.3 is 0 Å². The zero-order chi connectivity index (χ0) is 20.8. The number of nitrogens with zero attached hydrogens (tertiary/aromatic N) is 4. The molecule has 0 radical (unpaired) electrons. The number of aromatic nitrogens is 2. The van der Waals surface area contributed by atoms with E-state index in [0.29, 0.717) is 5.41 Å². The van der Waals surface area contributed by atoms with E-state index in [1.165, 1.54) is 65.0 Å². The van der Waals surface area contributed by atoms with Gasteiger partial charge in [0.1, 0.15) is 0 Å². The summed E-state index contributed by atoms with van der Waals surface area (Å²) >= 11 is 0. The highest BCUT2D eigenvalue weighted by molar-refractivity contribution is 5.33. The molecule has 8 nitrogen and oxygen atoms in total. The highest BCUT2D eigenvalue weighted by atomic mass is 16.3. The Labute approximate surface area is 168 Å². The summed E-state index contributed by atoms with van der Waals surface area (Å²) in [6, 6.07) is 0. The minimum atomic E-state index is -0.250. The normalized spacial score (nSPS) is 18.5. The maximum Gasteiger partial charge on any atom is 0.290 e. The lowest BCUT2D eigenvalue weighted by molar-refractivity contribution is -0.123. The molecule has 8 heteroatoms. The molecule has 2 aliphatic rings. The van der Waals surface area contributed by atoms with Crippen LogP contribution in [0.15, 0.2) is 18.7 Å². The topological polar surface area (TPSA) is 98.9 Å². The van der Waals surface area contributed by atoms with Crippen molar-refractivity contribution in [3.8, 4) is 0 Å². The van der Waals surface area contributed by atoms with Gasteiger partial charge in [-0.15, -0.1) is 0 Å². The number of carboxylic acid groups (broad SMARTS) is 2. The van der Waals surface area contributed by atoms with E-state index in [0.717, 1.165) is 12.5 Å². The summed E-state index contributed by atoms with van der Waals surface area (Å²) in [6.45, 7) is 13.2. The number of likely N-dealkylation sites (tertiary alicyclic amines) is 2. The molecule has 0 aliphatic carbocycles. The fourth-order valence-electron chi connectivity index (χ4n) is 4.22. The van der Waals surface area contributed by atoms with Crippen molar-refractivity contribution < 1.29 is 19.8 Å². The Kier molecular flexibility index (Phi) is 11.4. The SMILES string of the molecule is CC(C)(CN1CCCC1)CN1CCC(Cn2ccnc2)CC1.O=CO.O=CO. The Morgan fingerprint density at radius 3 is 1.96 bits per heavy atom. The van der Waals surface area contributed by atoms with Crippen molar-refractivity contribution >= 4 is 12.9 Å². The van der Waals surface area contributed by atoms with Crippen LogP contribution in [0.4, 0.5) is 0 Å². The van der Waals surface area contributed by atoms with Crippen LogP contribution in [0.2, 0.25) is 0 Å². The molecular formula is C20H36N4O4. The van der Waals surface area contributed by atoms with Crippen LogP contribution < -0.4 is 0 Å². The molecule has 0 unspecified atom stereocenters. The molecule has 2 N–H and O–H groups in total. The van der Waals surface area contributed by atoms with Gasteiger partial charge in [0.15, 0.2) is 0 Å². The van der Waals surface area contributed by atoms with Crippen molar-refractivity contribution in [2.24, 2.45) is 11.3 Å². The number of carbonyl (C=O) groups is 2. The molecule has 2 fully saturated rings. The first kappa shape index (κ1) is 24.1. The lowest BCUT2D eigenvalue weighted by atomic mass is 9.89. The van der Waals surface area contributed by atoms with Gasteiger partial charge in [0.05, 0.1) is 6.33 Å². The van der Waals surface area contributed by atoms with Crippen molar-refractivity contribution in [2.45, 2.75) is 46.1 Å². The lowest BCUT2D eigenvalue weighted by Gasteiger charge is -2.39. The van der Waals surface area contributed by atoms with Gasteiger partial charge in [-0.3, -0.25) is 9.59 Å². The molecule has 2 saturated heterocycles. The largest absolute Gasteiger partial charge is 0.483 e. The predicted molar refractivity (Wildman–Crippen MR) is 108 cm³/mol. The van der Waals surface area contributed by atoms with Gasteiger partial charge in [-0.2, -0.15) is 0 Å². The first-order valence-electron chi connectivity index (χ1n) is 10.00. The second-order valence-electron chi connectivity index (χ2n) is 8.34. The molecular weight excluding hydrogens is 360 g/mol. The summed E-state index contributed by atoms with van der Waals surface area (Å²) in [5.74, 6) is 0.826. The average molecular weight is 397 g/mol. The zero-order valence-corrected chi connectivity index (χ0v) is 17.2. The van der Waals surface area contributed by atoms with Gasteiger partial charge < -0.3 is 24.6 Å². The quantitative estimate of drug-likeness (QED) is 0.711. The van der Waals surface area contributed by atoms with Crippen molar-refractivity contribution in [1.29, 1.82) is 0 Å². The highest BCUT2D eigenvalue weighted by Gasteiger charge is 2.28. The summed E-state index contributed by atoms with van der Waals surface area (Å²) in [5, 5.41) is 13.8. The average Bonchev–Trinajstić information content (AvgIpc) is 3.31. The molecule has 3 heterocycles. The minimum absolute atomic E-state index is 0.250. The van der Waals surface area contributed by atoms with Crippen LogP contribution in [0.5, 0.6) is 0 Å². The molecule has 0 aromatic carbocycles. The molecule has 0 spiro atoms. The molecule has 1 aromatic heterocycles. The van der Waals surface area contributed by atoms with Crippen molar-refractivity contribution in [3.05, 3.63) is 18.7 Å². The van der Waals surface area contributed by atoms with E-state index in [1.807, 2.05) is 12.5 Å². The molecule has 160 valence electrons. The number of hydrogen-bond acceptors (Lipinski definition) is 5. The molecule has 0 saturated carbocycles. The summed E-state index contributed by atoms with van der Waals surface area (Å²) < 4.78 is 2.23. The van der Waals surface area contributed by atoms with Gasteiger partial charge in [0.2, 0.25) is 0 Å². The van der Waals surface area contributed by atoms with Crippen molar-refractivity contribution in [2.75, 3.05) is 39.3 Å². The molecule has 0 amide bonds. The van der Waals surface area contributed by atoms with Crippen LogP contribution in [0, 0.1) is 11.3 Å². The van der Waals surface area contributed by atoms with Crippen molar-refractivity contribution in [1.82, 2.24) is 19.4 Å². The van der Waals surface area contributed by atoms with Gasteiger partial charge in [0, 0.05) is 32.0 Å². The van der Waals surface area contributed by atoms with E-state index < -0.39 is 0 Å². The zero-order valence-electron chi connectivity index (χ0n) is 17.2. The van der Waals surface area contributed by atoms with E-state index in [1.54, 1.807) is 0 Å². The summed E-state index contributed by atoms with van der Waals surface area (Å²) in [6.07, 6.45) is 11.4. The molecule has 0 atom stereocenters. The van der Waals surface area contributed by atoms with Gasteiger partial charge in [-0.25, -0.2) is 4.98 Å². The van der Waals surface area contributed by atoms with Crippen LogP contribution in [0.1, 0.15) is 39.5 Å². The summed E-state index contributed by atoms with van der Waals surface area (Å²) in [4.78, 5) is 26.2. The van der Waals surface area contributed by atoms with Crippen molar-refractivity contribution in [3.63, 3.8) is 0 Å². The maximum absolute atomic E-state index is 8.36. The molecule has 28 heavy (non-hydrogen) atoms. The number of imidazole rings is 1. The maximum atomic E-state index is 8.36. The minimum Gasteiger partial charge on any atom is -0.483 e. The monoisotopic (exact) mass is 396 g/mol. The standard InChI is InChI=1S/C18H32N4.2CH2O2/c1-18(2,14-20-8-3-4-9-20)15-21-10-5-17(6-11-21)13-22-12-7-19-16-22;2*2-1-3/h7,12,16-17H,3-6,8-11,13-15H2,1-2H3;2*1H,(H,2,3). The van der Waals surface area contributed by atoms with Gasteiger partial charge in [-0.1, -0.05) is 13.8 Å². The van der Waals surface area contributed by atoms with Crippen LogP contribution in [0.25, 0.3) is 0 Å². The Bertz CT molecular complexity index is 516. The van der Waals surface area contributed by atoms with E-state index >= 15 is 0 Å². The Hall–Kier alpha value is -1.93. The third-order valence-electron chi connectivity index (χ3n) is 5.24.